The van der Waals surface area contributed by atoms with Crippen LogP contribution in [0, 0.1) is 0 Å². The van der Waals surface area contributed by atoms with Gasteiger partial charge in [0.05, 0.1) is 13.2 Å². The number of hydrogen-bond donors (Lipinski definition) is 3. The molecule has 0 heterocycles. The molecule has 0 aliphatic carbocycles. The minimum Gasteiger partial charge on any atom is -0.481 e. The Bertz CT molecular complexity index is 400. The van der Waals surface area contributed by atoms with E-state index in [4.69, 9.17) is 15.3 Å². The molecule has 0 aromatic rings. The average molecular weight is 516 g/mol. The zero-order valence-corrected chi connectivity index (χ0v) is 24.5. The zero-order valence-electron chi connectivity index (χ0n) is 24.5. The van der Waals surface area contributed by atoms with Gasteiger partial charge in [0.25, 0.3) is 0 Å². The molecule has 3 N–H and O–H groups in total. The van der Waals surface area contributed by atoms with Crippen molar-refractivity contribution in [2.75, 3.05) is 32.8 Å². The Morgan fingerprint density at radius 2 is 0.778 bits per heavy atom. The fraction of sp³-hybridized carbons (Fsp3) is 0.968. The molecule has 0 radical (unpaired) electrons. The zero-order chi connectivity index (χ0) is 27.0. The van der Waals surface area contributed by atoms with E-state index in [1.807, 2.05) is 0 Å². The number of carboxylic acid groups (broad SMARTS) is 1. The standard InChI is InChI=1S/C16H35NO2.C15H30O2/c1-2-3-4-5-6-7-8-9-10-11-12-17(13-15-18)14-16-19;1-2-3-4-5-6-7-8-9-10-11-12-13-14-15(16)17/h18-19H,2-16H2,1H3;2-14H2,1H3,(H,16,17). The second-order valence-corrected chi connectivity index (χ2v) is 10.5. The van der Waals surface area contributed by atoms with Crippen LogP contribution in [0.1, 0.15) is 162 Å². The van der Waals surface area contributed by atoms with Crippen LogP contribution in [-0.2, 0) is 4.79 Å². The van der Waals surface area contributed by atoms with Crippen molar-refractivity contribution in [3.63, 3.8) is 0 Å². The first-order valence-electron chi connectivity index (χ1n) is 15.8. The smallest absolute Gasteiger partial charge is 0.303 e. The van der Waals surface area contributed by atoms with Gasteiger partial charge >= 0.3 is 5.97 Å². The summed E-state index contributed by atoms with van der Waals surface area (Å²) in [6, 6.07) is 0. The maximum atomic E-state index is 10.3. The molecule has 218 valence electrons. The Kier molecular flexibility index (Phi) is 35.8. The molecule has 0 saturated carbocycles. The first kappa shape index (κ1) is 37.5. The van der Waals surface area contributed by atoms with Gasteiger partial charge in [-0.2, -0.15) is 0 Å². The lowest BCUT2D eigenvalue weighted by Gasteiger charge is -2.19. The quantitative estimate of drug-likeness (QED) is 0.0912. The van der Waals surface area contributed by atoms with Gasteiger partial charge in [0.1, 0.15) is 0 Å². The summed E-state index contributed by atoms with van der Waals surface area (Å²) in [4.78, 5) is 12.4. The number of carbonyl (C=O) groups is 1. The minimum absolute atomic E-state index is 0.192. The molecule has 0 rings (SSSR count). The van der Waals surface area contributed by atoms with Gasteiger partial charge in [-0.05, 0) is 19.4 Å². The molecule has 5 nitrogen and oxygen atoms in total. The van der Waals surface area contributed by atoms with Crippen LogP contribution >= 0.6 is 0 Å². The summed E-state index contributed by atoms with van der Waals surface area (Å²) in [5.41, 5.74) is 0. The van der Waals surface area contributed by atoms with E-state index < -0.39 is 5.97 Å². The number of hydrogen-bond acceptors (Lipinski definition) is 4. The molecular formula is C31H65NO4. The number of nitrogens with zero attached hydrogens (tertiary/aromatic N) is 1. The van der Waals surface area contributed by atoms with Gasteiger partial charge in [-0.15, -0.1) is 0 Å². The van der Waals surface area contributed by atoms with Crippen LogP contribution in [0.15, 0.2) is 0 Å². The predicted octanol–water partition coefficient (Wildman–Crippen LogP) is 8.36. The van der Waals surface area contributed by atoms with Crippen molar-refractivity contribution < 1.29 is 20.1 Å². The SMILES string of the molecule is CCCCCCCCCCCCCCC(=O)O.CCCCCCCCCCCCN(CCO)CCO. The van der Waals surface area contributed by atoms with Crippen molar-refractivity contribution in [3.8, 4) is 0 Å². The fourth-order valence-electron chi connectivity index (χ4n) is 4.56. The molecule has 0 aliphatic heterocycles. The van der Waals surface area contributed by atoms with Crippen molar-refractivity contribution in [2.24, 2.45) is 0 Å². The van der Waals surface area contributed by atoms with Gasteiger partial charge < -0.3 is 15.3 Å². The molecule has 0 fully saturated rings. The van der Waals surface area contributed by atoms with Gasteiger partial charge in [0, 0.05) is 19.5 Å². The summed E-state index contributed by atoms with van der Waals surface area (Å²) in [6.07, 6.45) is 29.3. The van der Waals surface area contributed by atoms with E-state index >= 15 is 0 Å². The molecule has 0 atom stereocenters. The van der Waals surface area contributed by atoms with Gasteiger partial charge in [0.15, 0.2) is 0 Å². The number of rotatable bonds is 28. The highest BCUT2D eigenvalue weighted by atomic mass is 16.4. The van der Waals surface area contributed by atoms with E-state index in [2.05, 4.69) is 18.7 Å². The predicted molar refractivity (Wildman–Crippen MR) is 156 cm³/mol. The highest BCUT2D eigenvalue weighted by Crippen LogP contribution is 2.13. The molecule has 0 unspecified atom stereocenters. The topological polar surface area (TPSA) is 81.0 Å². The summed E-state index contributed by atoms with van der Waals surface area (Å²) in [5.74, 6) is -0.655. The van der Waals surface area contributed by atoms with Crippen molar-refractivity contribution in [3.05, 3.63) is 0 Å². The summed E-state index contributed by atoms with van der Waals surface area (Å²) >= 11 is 0. The second kappa shape index (κ2) is 34.4. The number of aliphatic hydroxyl groups is 2. The summed E-state index contributed by atoms with van der Waals surface area (Å²) < 4.78 is 0. The van der Waals surface area contributed by atoms with Crippen LogP contribution in [0.4, 0.5) is 0 Å². The van der Waals surface area contributed by atoms with Crippen molar-refractivity contribution in [1.82, 2.24) is 4.90 Å². The molecule has 36 heavy (non-hydrogen) atoms. The monoisotopic (exact) mass is 515 g/mol. The first-order chi connectivity index (χ1) is 17.6. The Balaban J connectivity index is 0. The van der Waals surface area contributed by atoms with Gasteiger partial charge in [-0.3, -0.25) is 9.69 Å². The summed E-state index contributed by atoms with van der Waals surface area (Å²) in [7, 11) is 0. The normalized spacial score (nSPS) is 11.0. The van der Waals surface area contributed by atoms with E-state index in [1.165, 1.54) is 128 Å². The number of aliphatic hydroxyl groups excluding tert-OH is 2. The number of unbranched alkanes of at least 4 members (excludes halogenated alkanes) is 20. The molecule has 0 bridgehead atoms. The lowest BCUT2D eigenvalue weighted by molar-refractivity contribution is -0.137. The summed E-state index contributed by atoms with van der Waals surface area (Å²) in [6.45, 7) is 7.30. The first-order valence-corrected chi connectivity index (χ1v) is 15.8. The maximum absolute atomic E-state index is 10.3. The van der Waals surface area contributed by atoms with Crippen molar-refractivity contribution in [2.45, 2.75) is 162 Å². The Labute approximate surface area is 225 Å². The van der Waals surface area contributed by atoms with Crippen LogP contribution in [0.5, 0.6) is 0 Å². The van der Waals surface area contributed by atoms with Crippen molar-refractivity contribution in [1.29, 1.82) is 0 Å². The number of carboxylic acids is 1. The Morgan fingerprint density at radius 3 is 1.08 bits per heavy atom. The van der Waals surface area contributed by atoms with Crippen LogP contribution in [0.2, 0.25) is 0 Å². The molecule has 0 aromatic heterocycles. The van der Waals surface area contributed by atoms with E-state index in [-0.39, 0.29) is 13.2 Å². The molecule has 0 aliphatic rings. The molecule has 0 spiro atoms. The van der Waals surface area contributed by atoms with Crippen LogP contribution in [-0.4, -0.2) is 59.0 Å². The van der Waals surface area contributed by atoms with E-state index in [1.54, 1.807) is 0 Å². The molecular weight excluding hydrogens is 450 g/mol. The summed E-state index contributed by atoms with van der Waals surface area (Å²) in [5, 5.41) is 26.3. The minimum atomic E-state index is -0.655. The third-order valence-electron chi connectivity index (χ3n) is 6.90. The van der Waals surface area contributed by atoms with Gasteiger partial charge in [-0.1, -0.05) is 142 Å². The lowest BCUT2D eigenvalue weighted by Crippen LogP contribution is -2.30. The molecule has 0 amide bonds. The Hall–Kier alpha value is -0.650. The number of aliphatic carboxylic acids is 1. The molecule has 5 heteroatoms. The van der Waals surface area contributed by atoms with Gasteiger partial charge in [0.2, 0.25) is 0 Å². The second-order valence-electron chi connectivity index (χ2n) is 10.5. The van der Waals surface area contributed by atoms with Gasteiger partial charge in [-0.25, -0.2) is 0 Å². The lowest BCUT2D eigenvalue weighted by atomic mass is 10.0. The third-order valence-corrected chi connectivity index (χ3v) is 6.90. The maximum Gasteiger partial charge on any atom is 0.303 e. The highest BCUT2D eigenvalue weighted by molar-refractivity contribution is 5.66. The van der Waals surface area contributed by atoms with Crippen LogP contribution < -0.4 is 0 Å². The molecule has 0 saturated heterocycles. The van der Waals surface area contributed by atoms with E-state index in [9.17, 15) is 4.79 Å². The van der Waals surface area contributed by atoms with E-state index in [0.717, 1.165) is 19.4 Å². The van der Waals surface area contributed by atoms with Crippen LogP contribution in [0.3, 0.4) is 0 Å². The Morgan fingerprint density at radius 1 is 0.472 bits per heavy atom. The highest BCUT2D eigenvalue weighted by Gasteiger charge is 2.02. The largest absolute Gasteiger partial charge is 0.481 e. The van der Waals surface area contributed by atoms with E-state index in [0.29, 0.717) is 19.5 Å². The fourth-order valence-corrected chi connectivity index (χ4v) is 4.56. The van der Waals surface area contributed by atoms with Crippen molar-refractivity contribution >= 4 is 5.97 Å². The van der Waals surface area contributed by atoms with Crippen LogP contribution in [0.25, 0.3) is 0 Å². The third kappa shape index (κ3) is 35.5. The molecule has 0 aromatic carbocycles. The average Bonchev–Trinajstić information content (AvgIpc) is 2.86.